The van der Waals surface area contributed by atoms with E-state index in [4.69, 9.17) is 4.74 Å². The van der Waals surface area contributed by atoms with Crippen LogP contribution < -0.4 is 21.3 Å². The van der Waals surface area contributed by atoms with Crippen molar-refractivity contribution in [1.82, 2.24) is 16.0 Å². The van der Waals surface area contributed by atoms with Gasteiger partial charge in [-0.05, 0) is 76.0 Å². The predicted molar refractivity (Wildman–Crippen MR) is 126 cm³/mol. The van der Waals surface area contributed by atoms with Gasteiger partial charge in [0.25, 0.3) is 0 Å². The van der Waals surface area contributed by atoms with Crippen molar-refractivity contribution in [3.63, 3.8) is 0 Å². The largest absolute Gasteiger partial charge is 0.444 e. The second-order valence-electron chi connectivity index (χ2n) is 10.1. The Morgan fingerprint density at radius 1 is 1.13 bits per heavy atom. The van der Waals surface area contributed by atoms with Crippen LogP contribution in [-0.4, -0.2) is 43.0 Å². The van der Waals surface area contributed by atoms with Crippen LogP contribution in [0.15, 0.2) is 23.2 Å². The van der Waals surface area contributed by atoms with Gasteiger partial charge in [0.1, 0.15) is 11.8 Å². The summed E-state index contributed by atoms with van der Waals surface area (Å²) in [5.74, 6) is 1.68. The first-order valence-electron chi connectivity index (χ1n) is 11.4. The number of amides is 1. The summed E-state index contributed by atoms with van der Waals surface area (Å²) in [4.78, 5) is 16.6. The molecule has 1 aromatic carbocycles. The fraction of sp³-hybridized carbons (Fsp3) is 0.667. The Morgan fingerprint density at radius 3 is 2.42 bits per heavy atom. The number of fused-ring (bicyclic) bond motifs is 1. The lowest BCUT2D eigenvalue weighted by Crippen LogP contribution is -2.62. The Kier molecular flexibility index (Phi) is 7.02. The summed E-state index contributed by atoms with van der Waals surface area (Å²) >= 11 is 0. The van der Waals surface area contributed by atoms with E-state index in [1.54, 1.807) is 7.05 Å². The number of benzene rings is 1. The Morgan fingerprint density at radius 2 is 1.81 bits per heavy atom. The van der Waals surface area contributed by atoms with E-state index < -0.39 is 5.60 Å². The van der Waals surface area contributed by atoms with E-state index in [2.05, 4.69) is 65.2 Å². The molecule has 0 bridgehead atoms. The maximum Gasteiger partial charge on any atom is 0.407 e. The van der Waals surface area contributed by atoms with E-state index >= 15 is 0 Å². The highest BCUT2D eigenvalue weighted by atomic mass is 16.6. The molecule has 1 fully saturated rings. The molecule has 1 aliphatic carbocycles. The van der Waals surface area contributed by atoms with Crippen molar-refractivity contribution in [1.29, 1.82) is 0 Å². The Balaban J connectivity index is 1.62. The molecule has 1 unspecified atom stereocenters. The highest BCUT2D eigenvalue weighted by molar-refractivity contribution is 5.81. The zero-order valence-corrected chi connectivity index (χ0v) is 20.0. The normalized spacial score (nSPS) is 28.4. The Labute approximate surface area is 186 Å². The van der Waals surface area contributed by atoms with Crippen LogP contribution in [0, 0.1) is 18.8 Å². The van der Waals surface area contributed by atoms with Gasteiger partial charge in [0.15, 0.2) is 5.96 Å². The minimum absolute atomic E-state index is 0.0372. The number of nitrogens with zero attached hydrogens (tertiary/aromatic N) is 1. The highest BCUT2D eigenvalue weighted by Crippen LogP contribution is 2.31. The first-order valence-corrected chi connectivity index (χ1v) is 11.4. The van der Waals surface area contributed by atoms with Crippen LogP contribution in [0.2, 0.25) is 0 Å². The molecule has 1 saturated carbocycles. The van der Waals surface area contributed by atoms with E-state index in [1.807, 2.05) is 20.8 Å². The first-order chi connectivity index (χ1) is 14.6. The highest BCUT2D eigenvalue weighted by Gasteiger charge is 2.35. The molecule has 4 N–H and O–H groups in total. The average molecular weight is 430 g/mol. The number of nitrogens with one attached hydrogen (secondary N) is 4. The molecule has 1 aliphatic heterocycles. The number of carbonyl (C=O) groups excluding carboxylic acids is 1. The van der Waals surface area contributed by atoms with E-state index in [0.717, 1.165) is 25.2 Å². The topological polar surface area (TPSA) is 86.8 Å². The van der Waals surface area contributed by atoms with Crippen LogP contribution in [0.5, 0.6) is 0 Å². The third-order valence-corrected chi connectivity index (χ3v) is 6.36. The quantitative estimate of drug-likeness (QED) is 0.434. The molecule has 7 heteroatoms. The summed E-state index contributed by atoms with van der Waals surface area (Å²) < 4.78 is 5.39. The van der Waals surface area contributed by atoms with Gasteiger partial charge in [0.05, 0.1) is 6.04 Å². The van der Waals surface area contributed by atoms with Crippen molar-refractivity contribution in [2.24, 2.45) is 16.8 Å². The summed E-state index contributed by atoms with van der Waals surface area (Å²) in [6.45, 7) is 12.3. The Bertz CT molecular complexity index is 817. The number of guanidine groups is 1. The number of anilines is 1. The minimum Gasteiger partial charge on any atom is -0.444 e. The third-order valence-electron chi connectivity index (χ3n) is 6.36. The van der Waals surface area contributed by atoms with E-state index in [9.17, 15) is 4.79 Å². The molecule has 1 amide bonds. The first kappa shape index (κ1) is 23.2. The van der Waals surface area contributed by atoms with Crippen LogP contribution in [0.25, 0.3) is 0 Å². The van der Waals surface area contributed by atoms with Crippen LogP contribution in [0.3, 0.4) is 0 Å². The second kappa shape index (κ2) is 9.37. The molecule has 0 saturated heterocycles. The molecule has 172 valence electrons. The van der Waals surface area contributed by atoms with E-state index in [-0.39, 0.29) is 24.3 Å². The van der Waals surface area contributed by atoms with Crippen molar-refractivity contribution in [3.8, 4) is 0 Å². The van der Waals surface area contributed by atoms with Gasteiger partial charge < -0.3 is 26.0 Å². The minimum atomic E-state index is -0.499. The Hall–Kier alpha value is -2.44. The molecular formula is C24H39N5O2. The van der Waals surface area contributed by atoms with Crippen molar-refractivity contribution < 1.29 is 9.53 Å². The van der Waals surface area contributed by atoms with Gasteiger partial charge in [0.2, 0.25) is 0 Å². The number of carbonyl (C=O) groups is 1. The van der Waals surface area contributed by atoms with Gasteiger partial charge in [-0.3, -0.25) is 4.99 Å². The monoisotopic (exact) mass is 429 g/mol. The van der Waals surface area contributed by atoms with Crippen LogP contribution in [0.4, 0.5) is 10.5 Å². The smallest absolute Gasteiger partial charge is 0.407 e. The summed E-state index contributed by atoms with van der Waals surface area (Å²) in [7, 11) is 1.78. The van der Waals surface area contributed by atoms with Crippen molar-refractivity contribution in [3.05, 3.63) is 29.3 Å². The van der Waals surface area contributed by atoms with Gasteiger partial charge in [-0.1, -0.05) is 26.0 Å². The number of hydrogen-bond donors (Lipinski definition) is 4. The van der Waals surface area contributed by atoms with Gasteiger partial charge in [-0.25, -0.2) is 4.79 Å². The van der Waals surface area contributed by atoms with Crippen molar-refractivity contribution in [2.75, 3.05) is 12.4 Å². The molecule has 0 aromatic heterocycles. The molecule has 2 aliphatic rings. The molecule has 0 radical (unpaired) electrons. The number of ether oxygens (including phenoxy) is 1. The van der Waals surface area contributed by atoms with E-state index in [1.165, 1.54) is 16.8 Å². The maximum absolute atomic E-state index is 12.1. The molecule has 0 spiro atoms. The summed E-state index contributed by atoms with van der Waals surface area (Å²) in [6, 6.07) is 6.80. The summed E-state index contributed by atoms with van der Waals surface area (Å²) in [5, 5.41) is 13.8. The standard InChI is InChI=1S/C24H39N5O2/c1-14-8-9-17-13-15(2)16(3)21(26-20(17)12-14)29-22(25-7)27-18-10-11-19(18)28-23(30)31-24(4,5)6/h8-9,12,15-16,18-19,21,26H,10-11,13H2,1-7H3,(H,28,30)(H2,25,27,29)/t15?,16-,18+,19+,21+/m1/s1. The lowest BCUT2D eigenvalue weighted by molar-refractivity contribution is 0.0462. The SMILES string of the molecule is CN=C(N[C@@H]1Nc2cc(C)ccc2CC(C)[C@H]1C)N[C@H]1CC[C@@H]1NC(=O)OC(C)(C)C. The summed E-state index contributed by atoms with van der Waals surface area (Å²) in [5.41, 5.74) is 3.30. The average Bonchev–Trinajstić information content (AvgIpc) is 2.77. The second-order valence-corrected chi connectivity index (χ2v) is 10.1. The van der Waals surface area contributed by atoms with Gasteiger partial charge in [-0.2, -0.15) is 0 Å². The molecular weight excluding hydrogens is 390 g/mol. The van der Waals surface area contributed by atoms with Gasteiger partial charge in [0, 0.05) is 18.8 Å². The zero-order chi connectivity index (χ0) is 22.8. The van der Waals surface area contributed by atoms with Gasteiger partial charge >= 0.3 is 6.09 Å². The molecule has 1 aromatic rings. The maximum atomic E-state index is 12.1. The lowest BCUT2D eigenvalue weighted by atomic mass is 9.86. The van der Waals surface area contributed by atoms with E-state index in [0.29, 0.717) is 11.8 Å². The summed E-state index contributed by atoms with van der Waals surface area (Å²) in [6.07, 6.45) is 2.65. The lowest BCUT2D eigenvalue weighted by Gasteiger charge is -2.39. The van der Waals surface area contributed by atoms with Crippen LogP contribution >= 0.6 is 0 Å². The zero-order valence-electron chi connectivity index (χ0n) is 20.0. The van der Waals surface area contributed by atoms with Crippen LogP contribution in [-0.2, 0) is 11.2 Å². The van der Waals surface area contributed by atoms with Gasteiger partial charge in [-0.15, -0.1) is 0 Å². The van der Waals surface area contributed by atoms with Crippen molar-refractivity contribution >= 4 is 17.7 Å². The molecule has 3 rings (SSSR count). The fourth-order valence-corrected chi connectivity index (χ4v) is 4.13. The number of aliphatic imine (C=N–C) groups is 1. The molecule has 31 heavy (non-hydrogen) atoms. The molecule has 5 atom stereocenters. The third kappa shape index (κ3) is 6.05. The number of aryl methyl sites for hydroxylation is 1. The van der Waals surface area contributed by atoms with Crippen LogP contribution in [0.1, 0.15) is 58.6 Å². The van der Waals surface area contributed by atoms with Crippen molar-refractivity contribution in [2.45, 2.75) is 84.7 Å². The number of alkyl carbamates (subject to hydrolysis) is 1. The predicted octanol–water partition coefficient (Wildman–Crippen LogP) is 3.78. The molecule has 7 nitrogen and oxygen atoms in total. The number of hydrogen-bond acceptors (Lipinski definition) is 4. The molecule has 1 heterocycles. The number of rotatable bonds is 3. The fourth-order valence-electron chi connectivity index (χ4n) is 4.13.